The fraction of sp³-hybridized carbons (Fsp3) is 0.455. The van der Waals surface area contributed by atoms with Crippen molar-refractivity contribution in [2.45, 2.75) is 13.0 Å². The van der Waals surface area contributed by atoms with Crippen molar-refractivity contribution in [2.24, 2.45) is 0 Å². The van der Waals surface area contributed by atoms with Gasteiger partial charge >= 0.3 is 5.69 Å². The summed E-state index contributed by atoms with van der Waals surface area (Å²) in [6.45, 7) is 6.17. The van der Waals surface area contributed by atoms with Crippen molar-refractivity contribution in [3.63, 3.8) is 0 Å². The average Bonchev–Trinajstić information content (AvgIpc) is 2.36. The molecule has 0 aromatic carbocycles. The quantitative estimate of drug-likeness (QED) is 0.417. The number of nitrogens with one attached hydrogen (secondary N) is 2. The zero-order valence-electron chi connectivity index (χ0n) is 10.9. The van der Waals surface area contributed by atoms with Crippen LogP contribution in [0.5, 0.6) is 0 Å². The maximum atomic E-state index is 11.1. The summed E-state index contributed by atoms with van der Waals surface area (Å²) in [5, 5.41) is 16.9. The molecule has 0 saturated carbocycles. The topological polar surface area (TPSA) is 102 Å². The first-order chi connectivity index (χ1) is 9.10. The summed E-state index contributed by atoms with van der Waals surface area (Å²) in [6, 6.07) is -0.106. The van der Waals surface area contributed by atoms with E-state index in [1.807, 2.05) is 6.92 Å². The molecule has 1 rings (SSSR count). The van der Waals surface area contributed by atoms with Crippen molar-refractivity contribution in [1.29, 1.82) is 0 Å². The maximum Gasteiger partial charge on any atom is 0.353 e. The average molecular weight is 267 g/mol. The van der Waals surface area contributed by atoms with Crippen molar-refractivity contribution in [2.75, 3.05) is 30.9 Å². The summed E-state index contributed by atoms with van der Waals surface area (Å²) in [5.41, 5.74) is -0.188. The molecule has 0 aliphatic heterocycles. The van der Waals surface area contributed by atoms with Crippen LogP contribution in [-0.2, 0) is 4.74 Å². The fourth-order valence-corrected chi connectivity index (χ4v) is 1.48. The lowest BCUT2D eigenvalue weighted by molar-refractivity contribution is -0.383. The first kappa shape index (κ1) is 14.8. The van der Waals surface area contributed by atoms with E-state index in [1.165, 1.54) is 6.33 Å². The van der Waals surface area contributed by atoms with Gasteiger partial charge in [0.25, 0.3) is 0 Å². The van der Waals surface area contributed by atoms with Crippen molar-refractivity contribution in [1.82, 2.24) is 9.97 Å². The predicted octanol–water partition coefficient (Wildman–Crippen LogP) is 1.43. The zero-order valence-corrected chi connectivity index (χ0v) is 10.9. The standard InChI is InChI=1S/C11H17N5O3/c1-4-5-12-10-9(16(17)18)11(14-7-13-10)15-8(2)6-19-3/h4,7-8H,1,5-6H2,2-3H3,(H2,12,13,14,15). The van der Waals surface area contributed by atoms with E-state index >= 15 is 0 Å². The second kappa shape index (κ2) is 7.27. The van der Waals surface area contributed by atoms with E-state index < -0.39 is 4.92 Å². The molecule has 19 heavy (non-hydrogen) atoms. The van der Waals surface area contributed by atoms with Gasteiger partial charge in [-0.3, -0.25) is 10.1 Å². The van der Waals surface area contributed by atoms with Crippen molar-refractivity contribution in [3.05, 3.63) is 29.1 Å². The van der Waals surface area contributed by atoms with Crippen molar-refractivity contribution < 1.29 is 9.66 Å². The van der Waals surface area contributed by atoms with Crippen LogP contribution in [0.4, 0.5) is 17.3 Å². The molecule has 0 amide bonds. The Morgan fingerprint density at radius 1 is 1.58 bits per heavy atom. The van der Waals surface area contributed by atoms with Gasteiger partial charge in [-0.1, -0.05) is 6.08 Å². The second-order valence-electron chi connectivity index (χ2n) is 3.85. The van der Waals surface area contributed by atoms with Gasteiger partial charge in [-0.15, -0.1) is 6.58 Å². The number of ether oxygens (including phenoxy) is 1. The molecule has 1 unspecified atom stereocenters. The molecule has 104 valence electrons. The summed E-state index contributed by atoms with van der Waals surface area (Å²) in [4.78, 5) is 18.4. The SMILES string of the molecule is C=CCNc1ncnc(NC(C)COC)c1[N+](=O)[O-]. The first-order valence-electron chi connectivity index (χ1n) is 5.69. The van der Waals surface area contributed by atoms with E-state index in [0.29, 0.717) is 13.2 Å². The van der Waals surface area contributed by atoms with Gasteiger partial charge in [-0.25, -0.2) is 9.97 Å². The molecule has 0 radical (unpaired) electrons. The Balaban J connectivity index is 3.02. The Kier molecular flexibility index (Phi) is 5.68. The number of hydrogen-bond acceptors (Lipinski definition) is 7. The van der Waals surface area contributed by atoms with E-state index in [2.05, 4.69) is 27.2 Å². The molecular weight excluding hydrogens is 250 g/mol. The molecule has 0 aliphatic rings. The highest BCUT2D eigenvalue weighted by molar-refractivity contribution is 5.69. The van der Waals surface area contributed by atoms with E-state index in [9.17, 15) is 10.1 Å². The van der Waals surface area contributed by atoms with Gasteiger partial charge in [-0.05, 0) is 6.92 Å². The van der Waals surface area contributed by atoms with Crippen LogP contribution in [0, 0.1) is 10.1 Å². The lowest BCUT2D eigenvalue weighted by Gasteiger charge is -2.14. The highest BCUT2D eigenvalue weighted by Gasteiger charge is 2.23. The van der Waals surface area contributed by atoms with Gasteiger partial charge < -0.3 is 15.4 Å². The smallest absolute Gasteiger partial charge is 0.353 e. The Morgan fingerprint density at radius 3 is 2.84 bits per heavy atom. The van der Waals surface area contributed by atoms with Crippen LogP contribution in [0.15, 0.2) is 19.0 Å². The van der Waals surface area contributed by atoms with Gasteiger partial charge in [0, 0.05) is 19.7 Å². The molecule has 8 nitrogen and oxygen atoms in total. The Morgan fingerprint density at radius 2 is 2.26 bits per heavy atom. The molecule has 1 aromatic rings. The van der Waals surface area contributed by atoms with Gasteiger partial charge in [0.05, 0.1) is 11.5 Å². The number of nitro groups is 1. The second-order valence-corrected chi connectivity index (χ2v) is 3.85. The summed E-state index contributed by atoms with van der Waals surface area (Å²) < 4.78 is 4.97. The Hall–Kier alpha value is -2.22. The van der Waals surface area contributed by atoms with E-state index in [4.69, 9.17) is 4.74 Å². The molecule has 1 heterocycles. The number of anilines is 2. The minimum atomic E-state index is -0.521. The molecular formula is C11H17N5O3. The summed E-state index contributed by atoms with van der Waals surface area (Å²) in [6.07, 6.45) is 2.85. The first-order valence-corrected chi connectivity index (χ1v) is 5.69. The summed E-state index contributed by atoms with van der Waals surface area (Å²) in [5.74, 6) is 0.322. The molecule has 1 atom stereocenters. The minimum Gasteiger partial charge on any atom is -0.383 e. The van der Waals surface area contributed by atoms with Crippen LogP contribution in [0.2, 0.25) is 0 Å². The monoisotopic (exact) mass is 267 g/mol. The lowest BCUT2D eigenvalue weighted by atomic mass is 10.3. The van der Waals surface area contributed by atoms with E-state index in [-0.39, 0.29) is 23.4 Å². The number of aromatic nitrogens is 2. The van der Waals surface area contributed by atoms with Gasteiger partial charge in [-0.2, -0.15) is 0 Å². The van der Waals surface area contributed by atoms with Gasteiger partial charge in [0.2, 0.25) is 11.6 Å². The van der Waals surface area contributed by atoms with Crippen LogP contribution in [-0.4, -0.2) is 41.2 Å². The van der Waals surface area contributed by atoms with E-state index in [1.54, 1.807) is 13.2 Å². The van der Waals surface area contributed by atoms with Crippen molar-refractivity contribution >= 4 is 17.3 Å². The Bertz CT molecular complexity index is 452. The normalized spacial score (nSPS) is 11.7. The van der Waals surface area contributed by atoms with Crippen LogP contribution in [0.3, 0.4) is 0 Å². The molecule has 1 aromatic heterocycles. The van der Waals surface area contributed by atoms with Crippen LogP contribution < -0.4 is 10.6 Å². The maximum absolute atomic E-state index is 11.1. The summed E-state index contributed by atoms with van der Waals surface area (Å²) in [7, 11) is 1.56. The molecule has 0 fully saturated rings. The predicted molar refractivity (Wildman–Crippen MR) is 72.3 cm³/mol. The van der Waals surface area contributed by atoms with E-state index in [0.717, 1.165) is 0 Å². The zero-order chi connectivity index (χ0) is 14.3. The highest BCUT2D eigenvalue weighted by Crippen LogP contribution is 2.29. The minimum absolute atomic E-state index is 0.106. The van der Waals surface area contributed by atoms with Crippen LogP contribution in [0.25, 0.3) is 0 Å². The van der Waals surface area contributed by atoms with Crippen molar-refractivity contribution in [3.8, 4) is 0 Å². The molecule has 0 bridgehead atoms. The number of methoxy groups -OCH3 is 1. The molecule has 8 heteroatoms. The third-order valence-electron chi connectivity index (χ3n) is 2.22. The lowest BCUT2D eigenvalue weighted by Crippen LogP contribution is -2.22. The molecule has 0 aliphatic carbocycles. The largest absolute Gasteiger partial charge is 0.383 e. The molecule has 2 N–H and O–H groups in total. The number of rotatable bonds is 8. The third-order valence-corrected chi connectivity index (χ3v) is 2.22. The third kappa shape index (κ3) is 4.18. The highest BCUT2D eigenvalue weighted by atomic mass is 16.6. The summed E-state index contributed by atoms with van der Waals surface area (Å²) >= 11 is 0. The Labute approximate surface area is 111 Å². The van der Waals surface area contributed by atoms with Gasteiger partial charge in [0.1, 0.15) is 6.33 Å². The van der Waals surface area contributed by atoms with Crippen LogP contribution >= 0.6 is 0 Å². The fourth-order valence-electron chi connectivity index (χ4n) is 1.48. The molecule has 0 saturated heterocycles. The number of nitrogens with zero attached hydrogens (tertiary/aromatic N) is 3. The number of hydrogen-bond donors (Lipinski definition) is 2. The van der Waals surface area contributed by atoms with Gasteiger partial charge in [0.15, 0.2) is 0 Å². The van der Waals surface area contributed by atoms with Crippen LogP contribution in [0.1, 0.15) is 6.92 Å². The molecule has 0 spiro atoms.